The van der Waals surface area contributed by atoms with Crippen LogP contribution >= 0.6 is 0 Å². The summed E-state index contributed by atoms with van der Waals surface area (Å²) in [4.78, 5) is 38.8. The van der Waals surface area contributed by atoms with Crippen molar-refractivity contribution in [1.29, 1.82) is 0 Å². The predicted molar refractivity (Wildman–Crippen MR) is 68.2 cm³/mol. The van der Waals surface area contributed by atoms with Crippen molar-refractivity contribution < 1.29 is 14.4 Å². The van der Waals surface area contributed by atoms with E-state index in [0.29, 0.717) is 32.5 Å². The van der Waals surface area contributed by atoms with Gasteiger partial charge in [-0.15, -0.1) is 0 Å². The summed E-state index contributed by atoms with van der Waals surface area (Å²) < 4.78 is 0. The zero-order valence-electron chi connectivity index (χ0n) is 11.3. The quantitative estimate of drug-likeness (QED) is 0.616. The molecule has 0 aromatic heterocycles. The third-order valence-electron chi connectivity index (χ3n) is 3.55. The molecule has 2 N–H and O–H groups in total. The molecule has 2 atom stereocenters. The van der Waals surface area contributed by atoms with E-state index in [1.54, 1.807) is 19.0 Å². The minimum Gasteiger partial charge on any atom is -0.347 e. The summed E-state index contributed by atoms with van der Waals surface area (Å²) in [7, 11) is 3.36. The first-order valence-corrected chi connectivity index (χ1v) is 6.52. The SMILES string of the molecule is CN(C)C(=O)C1CNCCN1C(=O)C1CCC(=O)N1. The molecule has 2 heterocycles. The number of nitrogens with zero attached hydrogens (tertiary/aromatic N) is 2. The molecule has 2 fully saturated rings. The highest BCUT2D eigenvalue weighted by molar-refractivity contribution is 5.94. The third-order valence-corrected chi connectivity index (χ3v) is 3.55. The second kappa shape index (κ2) is 5.56. The maximum Gasteiger partial charge on any atom is 0.246 e. The van der Waals surface area contributed by atoms with Crippen molar-refractivity contribution in [3.63, 3.8) is 0 Å². The van der Waals surface area contributed by atoms with E-state index in [9.17, 15) is 14.4 Å². The number of likely N-dealkylation sites (N-methyl/N-ethyl adjacent to an activating group) is 1. The van der Waals surface area contributed by atoms with E-state index in [2.05, 4.69) is 10.6 Å². The zero-order valence-corrected chi connectivity index (χ0v) is 11.3. The second-order valence-corrected chi connectivity index (χ2v) is 5.14. The first-order valence-electron chi connectivity index (χ1n) is 6.52. The Morgan fingerprint density at radius 1 is 1.37 bits per heavy atom. The summed E-state index contributed by atoms with van der Waals surface area (Å²) in [6.07, 6.45) is 0.902. The number of carbonyl (C=O) groups excluding carboxylic acids is 3. The van der Waals surface area contributed by atoms with E-state index in [1.807, 2.05) is 0 Å². The van der Waals surface area contributed by atoms with Crippen LogP contribution in [0.2, 0.25) is 0 Å². The Balaban J connectivity index is 2.08. The smallest absolute Gasteiger partial charge is 0.246 e. The number of nitrogens with one attached hydrogen (secondary N) is 2. The number of hydrogen-bond acceptors (Lipinski definition) is 4. The van der Waals surface area contributed by atoms with Crippen LogP contribution in [0.5, 0.6) is 0 Å². The molecule has 7 heteroatoms. The van der Waals surface area contributed by atoms with Crippen molar-refractivity contribution in [3.8, 4) is 0 Å². The highest BCUT2D eigenvalue weighted by Gasteiger charge is 2.38. The lowest BCUT2D eigenvalue weighted by Crippen LogP contribution is -2.62. The molecule has 0 aliphatic carbocycles. The number of amides is 3. The minimum atomic E-state index is -0.478. The Hall–Kier alpha value is -1.63. The van der Waals surface area contributed by atoms with E-state index in [1.165, 1.54) is 4.90 Å². The molecule has 2 rings (SSSR count). The summed E-state index contributed by atoms with van der Waals surface area (Å²) >= 11 is 0. The second-order valence-electron chi connectivity index (χ2n) is 5.14. The Kier molecular flexibility index (Phi) is 4.04. The van der Waals surface area contributed by atoms with Gasteiger partial charge in [0, 0.05) is 40.2 Å². The van der Waals surface area contributed by atoms with E-state index in [0.717, 1.165) is 0 Å². The fourth-order valence-corrected chi connectivity index (χ4v) is 2.49. The molecular weight excluding hydrogens is 248 g/mol. The van der Waals surface area contributed by atoms with Crippen molar-refractivity contribution in [2.75, 3.05) is 33.7 Å². The molecular formula is C12H20N4O3. The fourth-order valence-electron chi connectivity index (χ4n) is 2.49. The van der Waals surface area contributed by atoms with Crippen molar-refractivity contribution in [2.45, 2.75) is 24.9 Å². The molecule has 2 aliphatic rings. The van der Waals surface area contributed by atoms with Crippen LogP contribution in [0.3, 0.4) is 0 Å². The maximum absolute atomic E-state index is 12.4. The topological polar surface area (TPSA) is 81.8 Å². The summed E-state index contributed by atoms with van der Waals surface area (Å²) in [5.41, 5.74) is 0. The van der Waals surface area contributed by atoms with Gasteiger partial charge in [-0.25, -0.2) is 0 Å². The molecule has 0 aromatic rings. The lowest BCUT2D eigenvalue weighted by atomic mass is 10.1. The molecule has 19 heavy (non-hydrogen) atoms. The van der Waals surface area contributed by atoms with Crippen molar-refractivity contribution in [3.05, 3.63) is 0 Å². The molecule has 2 saturated heterocycles. The highest BCUT2D eigenvalue weighted by atomic mass is 16.2. The van der Waals surface area contributed by atoms with Crippen molar-refractivity contribution in [1.82, 2.24) is 20.4 Å². The van der Waals surface area contributed by atoms with Crippen LogP contribution in [0.15, 0.2) is 0 Å². The van der Waals surface area contributed by atoms with E-state index >= 15 is 0 Å². The lowest BCUT2D eigenvalue weighted by Gasteiger charge is -2.37. The van der Waals surface area contributed by atoms with E-state index < -0.39 is 12.1 Å². The van der Waals surface area contributed by atoms with Gasteiger partial charge in [-0.2, -0.15) is 0 Å². The Morgan fingerprint density at radius 3 is 2.68 bits per heavy atom. The molecule has 2 aliphatic heterocycles. The molecule has 0 aromatic carbocycles. The minimum absolute atomic E-state index is 0.0927. The molecule has 106 valence electrons. The number of rotatable bonds is 2. The van der Waals surface area contributed by atoms with Gasteiger partial charge in [0.2, 0.25) is 17.7 Å². The maximum atomic E-state index is 12.4. The van der Waals surface area contributed by atoms with Gasteiger partial charge in [-0.05, 0) is 6.42 Å². The van der Waals surface area contributed by atoms with Crippen LogP contribution in [-0.4, -0.2) is 73.3 Å². The van der Waals surface area contributed by atoms with Gasteiger partial charge in [0.15, 0.2) is 0 Å². The Labute approximate surface area is 112 Å². The zero-order chi connectivity index (χ0) is 14.0. The van der Waals surface area contributed by atoms with Crippen LogP contribution in [0.1, 0.15) is 12.8 Å². The van der Waals surface area contributed by atoms with Crippen LogP contribution < -0.4 is 10.6 Å². The first kappa shape index (κ1) is 13.8. The van der Waals surface area contributed by atoms with Gasteiger partial charge in [0.05, 0.1) is 0 Å². The van der Waals surface area contributed by atoms with E-state index in [-0.39, 0.29) is 17.7 Å². The molecule has 0 bridgehead atoms. The monoisotopic (exact) mass is 268 g/mol. The Morgan fingerprint density at radius 2 is 2.11 bits per heavy atom. The number of hydrogen-bond donors (Lipinski definition) is 2. The van der Waals surface area contributed by atoms with Crippen molar-refractivity contribution >= 4 is 17.7 Å². The van der Waals surface area contributed by atoms with Gasteiger partial charge in [0.25, 0.3) is 0 Å². The Bertz CT molecular complexity index is 396. The van der Waals surface area contributed by atoms with Gasteiger partial charge in [-0.3, -0.25) is 14.4 Å². The van der Waals surface area contributed by atoms with Crippen LogP contribution in [-0.2, 0) is 14.4 Å². The average molecular weight is 268 g/mol. The van der Waals surface area contributed by atoms with Gasteiger partial charge in [0.1, 0.15) is 12.1 Å². The van der Waals surface area contributed by atoms with E-state index in [4.69, 9.17) is 0 Å². The molecule has 0 saturated carbocycles. The fraction of sp³-hybridized carbons (Fsp3) is 0.750. The average Bonchev–Trinajstić information content (AvgIpc) is 2.83. The third kappa shape index (κ3) is 2.86. The van der Waals surface area contributed by atoms with Crippen LogP contribution in [0, 0.1) is 0 Å². The van der Waals surface area contributed by atoms with Crippen LogP contribution in [0.4, 0.5) is 0 Å². The van der Waals surface area contributed by atoms with Crippen molar-refractivity contribution in [2.24, 2.45) is 0 Å². The first-order chi connectivity index (χ1) is 9.00. The molecule has 0 radical (unpaired) electrons. The molecule has 3 amide bonds. The summed E-state index contributed by atoms with van der Waals surface area (Å²) in [5, 5.41) is 5.79. The molecule has 7 nitrogen and oxygen atoms in total. The number of piperazine rings is 1. The normalized spacial score (nSPS) is 27.1. The molecule has 0 spiro atoms. The lowest BCUT2D eigenvalue weighted by molar-refractivity contribution is -0.146. The summed E-state index contributed by atoms with van der Waals surface area (Å²) in [6.45, 7) is 1.63. The summed E-state index contributed by atoms with van der Waals surface area (Å²) in [5.74, 6) is -0.332. The number of carbonyl (C=O) groups is 3. The predicted octanol–water partition coefficient (Wildman–Crippen LogP) is -1.85. The van der Waals surface area contributed by atoms with Gasteiger partial charge < -0.3 is 20.4 Å². The van der Waals surface area contributed by atoms with Gasteiger partial charge >= 0.3 is 0 Å². The van der Waals surface area contributed by atoms with Crippen LogP contribution in [0.25, 0.3) is 0 Å². The van der Waals surface area contributed by atoms with Gasteiger partial charge in [-0.1, -0.05) is 0 Å². The highest BCUT2D eigenvalue weighted by Crippen LogP contribution is 2.14. The molecule has 2 unspecified atom stereocenters. The largest absolute Gasteiger partial charge is 0.347 e. The standard InChI is InChI=1S/C12H20N4O3/c1-15(2)12(19)9-7-13-5-6-16(9)11(18)8-3-4-10(17)14-8/h8-9,13H,3-7H2,1-2H3,(H,14,17). The summed E-state index contributed by atoms with van der Waals surface area (Å²) in [6, 6.07) is -0.947.